The predicted molar refractivity (Wildman–Crippen MR) is 110 cm³/mol. The fourth-order valence-corrected chi connectivity index (χ4v) is 6.85. The zero-order valence-electron chi connectivity index (χ0n) is 17.5. The van der Waals surface area contributed by atoms with Crippen LogP contribution in [0.3, 0.4) is 0 Å². The Balaban J connectivity index is 1.55. The molecule has 2 N–H and O–H groups in total. The molecule has 1 unspecified atom stereocenters. The number of benzene rings is 1. The van der Waals surface area contributed by atoms with Crippen LogP contribution in [0, 0.1) is 23.2 Å². The molecule has 0 bridgehead atoms. The third-order valence-corrected chi connectivity index (χ3v) is 8.38. The average Bonchev–Trinajstić information content (AvgIpc) is 2.93. The number of aryl methyl sites for hydroxylation is 1. The number of amides is 1. The van der Waals surface area contributed by atoms with Crippen molar-refractivity contribution in [3.8, 4) is 5.75 Å². The lowest BCUT2D eigenvalue weighted by Crippen LogP contribution is -2.44. The second-order valence-electron chi connectivity index (χ2n) is 9.55. The van der Waals surface area contributed by atoms with E-state index in [0.29, 0.717) is 29.9 Å². The van der Waals surface area contributed by atoms with Crippen molar-refractivity contribution in [1.29, 1.82) is 0 Å². The van der Waals surface area contributed by atoms with Gasteiger partial charge in [0, 0.05) is 19.5 Å². The summed E-state index contributed by atoms with van der Waals surface area (Å²) in [5, 5.41) is 21.1. The van der Waals surface area contributed by atoms with E-state index in [1.165, 1.54) is 11.1 Å². The fraction of sp³-hybridized carbons (Fsp3) is 0.708. The Kier molecular flexibility index (Phi) is 5.20. The van der Waals surface area contributed by atoms with E-state index >= 15 is 0 Å². The van der Waals surface area contributed by atoms with Gasteiger partial charge < -0.3 is 15.1 Å². The molecule has 1 aromatic rings. The van der Waals surface area contributed by atoms with Crippen LogP contribution in [0.4, 0.5) is 0 Å². The van der Waals surface area contributed by atoms with Crippen molar-refractivity contribution in [2.75, 3.05) is 13.1 Å². The van der Waals surface area contributed by atoms with E-state index in [9.17, 15) is 15.0 Å². The van der Waals surface area contributed by atoms with Gasteiger partial charge in [-0.05, 0) is 98.3 Å². The summed E-state index contributed by atoms with van der Waals surface area (Å²) in [7, 11) is 0. The van der Waals surface area contributed by atoms with Gasteiger partial charge in [0.2, 0.25) is 5.91 Å². The maximum atomic E-state index is 12.7. The number of carbonyl (C=O) groups is 1. The highest BCUT2D eigenvalue weighted by molar-refractivity contribution is 5.76. The molecule has 4 nitrogen and oxygen atoms in total. The van der Waals surface area contributed by atoms with E-state index in [-0.39, 0.29) is 23.3 Å². The standard InChI is InChI=1S/C24H35NO3/c1-4-25(5-2)22(27)14-16-13-21-20-8-6-15-12-17(26)7-9-18(15)19(20)10-11-24(21,3)23(16)28/h7,9,12,16,19-21,23,26,28H,4-6,8,10-11,13-14H2,1-3H3/t16?,19-,20-,21+,23+,24+/m1/s1. The SMILES string of the molecule is CCN(CC)C(=O)CC1C[C@H]2[C@@H]3CCc4cc(O)ccc4[C@H]3CC[C@]2(C)[C@H]1O. The first-order chi connectivity index (χ1) is 13.4. The van der Waals surface area contributed by atoms with Gasteiger partial charge in [0.15, 0.2) is 0 Å². The molecular formula is C24H35NO3. The van der Waals surface area contributed by atoms with Crippen molar-refractivity contribution < 1.29 is 15.0 Å². The molecule has 6 atom stereocenters. The van der Waals surface area contributed by atoms with Crippen molar-refractivity contribution in [2.24, 2.45) is 23.2 Å². The summed E-state index contributed by atoms with van der Waals surface area (Å²) in [4.78, 5) is 14.6. The first-order valence-corrected chi connectivity index (χ1v) is 11.2. The number of phenolic OH excluding ortho intramolecular Hbond substituents is 1. The van der Waals surface area contributed by atoms with Gasteiger partial charge in [0.25, 0.3) is 0 Å². The zero-order chi connectivity index (χ0) is 20.1. The van der Waals surface area contributed by atoms with Crippen molar-refractivity contribution in [1.82, 2.24) is 4.90 Å². The number of aliphatic hydroxyl groups is 1. The van der Waals surface area contributed by atoms with E-state index in [4.69, 9.17) is 0 Å². The molecule has 2 fully saturated rings. The Labute approximate surface area is 168 Å². The summed E-state index contributed by atoms with van der Waals surface area (Å²) >= 11 is 0. The van der Waals surface area contributed by atoms with Crippen LogP contribution < -0.4 is 0 Å². The minimum atomic E-state index is -0.376. The van der Waals surface area contributed by atoms with Crippen LogP contribution in [-0.4, -0.2) is 40.2 Å². The summed E-state index contributed by atoms with van der Waals surface area (Å²) < 4.78 is 0. The smallest absolute Gasteiger partial charge is 0.222 e. The molecule has 1 aromatic carbocycles. The molecule has 1 amide bonds. The number of fused-ring (bicyclic) bond motifs is 5. The fourth-order valence-electron chi connectivity index (χ4n) is 6.85. The first-order valence-electron chi connectivity index (χ1n) is 11.2. The molecule has 4 rings (SSSR count). The topological polar surface area (TPSA) is 60.8 Å². The normalized spacial score (nSPS) is 36.4. The van der Waals surface area contributed by atoms with Crippen LogP contribution in [0.5, 0.6) is 5.75 Å². The quantitative estimate of drug-likeness (QED) is 0.820. The zero-order valence-corrected chi connectivity index (χ0v) is 17.5. The van der Waals surface area contributed by atoms with E-state index in [2.05, 4.69) is 13.0 Å². The number of nitrogens with zero attached hydrogens (tertiary/aromatic N) is 1. The van der Waals surface area contributed by atoms with E-state index in [1.54, 1.807) is 0 Å². The summed E-state index contributed by atoms with van der Waals surface area (Å²) in [6.07, 6.45) is 5.34. The molecule has 0 spiro atoms. The molecule has 154 valence electrons. The Morgan fingerprint density at radius 1 is 1.25 bits per heavy atom. The number of hydrogen-bond acceptors (Lipinski definition) is 3. The van der Waals surface area contributed by atoms with Gasteiger partial charge in [0.1, 0.15) is 5.75 Å². The maximum absolute atomic E-state index is 12.7. The average molecular weight is 386 g/mol. The highest BCUT2D eigenvalue weighted by Crippen LogP contribution is 2.62. The summed E-state index contributed by atoms with van der Waals surface area (Å²) in [6.45, 7) is 7.80. The molecule has 2 saturated carbocycles. The number of aliphatic hydroxyl groups excluding tert-OH is 1. The third kappa shape index (κ3) is 3.04. The first kappa shape index (κ1) is 19.8. The van der Waals surface area contributed by atoms with Gasteiger partial charge in [-0.15, -0.1) is 0 Å². The molecule has 0 aliphatic heterocycles. The summed E-state index contributed by atoms with van der Waals surface area (Å²) in [5.74, 6) is 2.24. The van der Waals surface area contributed by atoms with Crippen LogP contribution in [0.25, 0.3) is 0 Å². The largest absolute Gasteiger partial charge is 0.508 e. The second-order valence-corrected chi connectivity index (χ2v) is 9.55. The summed E-state index contributed by atoms with van der Waals surface area (Å²) in [5.41, 5.74) is 2.65. The molecule has 0 heterocycles. The predicted octanol–water partition coefficient (Wildman–Crippen LogP) is 4.09. The van der Waals surface area contributed by atoms with Gasteiger partial charge in [0.05, 0.1) is 6.10 Å². The van der Waals surface area contributed by atoms with Gasteiger partial charge >= 0.3 is 0 Å². The molecule has 0 aromatic heterocycles. The number of phenols is 1. The van der Waals surface area contributed by atoms with Crippen LogP contribution in [0.1, 0.15) is 69.9 Å². The van der Waals surface area contributed by atoms with Crippen molar-refractivity contribution in [2.45, 2.75) is 71.3 Å². The lowest BCUT2D eigenvalue weighted by Gasteiger charge is -2.50. The van der Waals surface area contributed by atoms with Crippen LogP contribution in [0.15, 0.2) is 18.2 Å². The minimum absolute atomic E-state index is 0.0657. The summed E-state index contributed by atoms with van der Waals surface area (Å²) in [6, 6.07) is 5.88. The number of hydrogen-bond donors (Lipinski definition) is 2. The van der Waals surface area contributed by atoms with E-state index in [1.807, 2.05) is 30.9 Å². The van der Waals surface area contributed by atoms with Gasteiger partial charge in [-0.25, -0.2) is 0 Å². The minimum Gasteiger partial charge on any atom is -0.508 e. The number of carbonyl (C=O) groups excluding carboxylic acids is 1. The molecule has 0 saturated heterocycles. The van der Waals surface area contributed by atoms with Crippen molar-refractivity contribution in [3.63, 3.8) is 0 Å². The van der Waals surface area contributed by atoms with Crippen LogP contribution >= 0.6 is 0 Å². The highest BCUT2D eigenvalue weighted by atomic mass is 16.3. The number of aromatic hydroxyl groups is 1. The molecule has 3 aliphatic rings. The van der Waals surface area contributed by atoms with E-state index in [0.717, 1.165) is 45.2 Å². The molecular weight excluding hydrogens is 350 g/mol. The van der Waals surface area contributed by atoms with Crippen molar-refractivity contribution in [3.05, 3.63) is 29.3 Å². The van der Waals surface area contributed by atoms with Crippen LogP contribution in [-0.2, 0) is 11.2 Å². The highest BCUT2D eigenvalue weighted by Gasteiger charge is 2.58. The lowest BCUT2D eigenvalue weighted by atomic mass is 9.55. The maximum Gasteiger partial charge on any atom is 0.222 e. The Bertz CT molecular complexity index is 743. The Morgan fingerprint density at radius 2 is 2.00 bits per heavy atom. The molecule has 3 aliphatic carbocycles. The Hall–Kier alpha value is -1.55. The second kappa shape index (κ2) is 7.37. The molecule has 28 heavy (non-hydrogen) atoms. The van der Waals surface area contributed by atoms with Gasteiger partial charge in [-0.3, -0.25) is 4.79 Å². The molecule has 4 heteroatoms. The van der Waals surface area contributed by atoms with Crippen molar-refractivity contribution >= 4 is 5.91 Å². The molecule has 0 radical (unpaired) electrons. The van der Waals surface area contributed by atoms with Crippen LogP contribution in [0.2, 0.25) is 0 Å². The van der Waals surface area contributed by atoms with E-state index < -0.39 is 0 Å². The third-order valence-electron chi connectivity index (χ3n) is 8.38. The van der Waals surface area contributed by atoms with Gasteiger partial charge in [-0.1, -0.05) is 13.0 Å². The lowest BCUT2D eigenvalue weighted by molar-refractivity contribution is -0.133. The monoisotopic (exact) mass is 385 g/mol. The number of rotatable bonds is 4. The van der Waals surface area contributed by atoms with Gasteiger partial charge in [-0.2, -0.15) is 0 Å². The Morgan fingerprint density at radius 3 is 2.71 bits per heavy atom.